The van der Waals surface area contributed by atoms with E-state index in [2.05, 4.69) is 10.2 Å². The molecule has 0 aliphatic carbocycles. The number of nitrogens with one attached hydrogen (secondary N) is 1. The quantitative estimate of drug-likeness (QED) is 0.777. The molecular formula is C11H22N2OS. The molecular weight excluding hydrogens is 208 g/mol. The molecule has 1 fully saturated rings. The van der Waals surface area contributed by atoms with Gasteiger partial charge in [0.05, 0.1) is 6.04 Å². The van der Waals surface area contributed by atoms with Crippen LogP contribution < -0.4 is 5.32 Å². The van der Waals surface area contributed by atoms with E-state index in [1.807, 2.05) is 39.5 Å². The summed E-state index contributed by atoms with van der Waals surface area (Å²) in [6, 6.07) is 0.00475. The lowest BCUT2D eigenvalue weighted by Gasteiger charge is -2.33. The summed E-state index contributed by atoms with van der Waals surface area (Å²) in [6.45, 7) is 10.1. The van der Waals surface area contributed by atoms with Gasteiger partial charge in [-0.05, 0) is 27.7 Å². The van der Waals surface area contributed by atoms with Crippen molar-refractivity contribution in [3.05, 3.63) is 0 Å². The zero-order chi connectivity index (χ0) is 11.5. The van der Waals surface area contributed by atoms with Gasteiger partial charge in [-0.15, -0.1) is 0 Å². The Hall–Kier alpha value is -0.220. The number of hydrogen-bond acceptors (Lipinski definition) is 3. The van der Waals surface area contributed by atoms with Crippen molar-refractivity contribution in [3.63, 3.8) is 0 Å². The number of carbonyl (C=O) groups excluding carboxylic acids is 1. The molecule has 1 rings (SSSR count). The van der Waals surface area contributed by atoms with Crippen molar-refractivity contribution in [1.29, 1.82) is 0 Å². The summed E-state index contributed by atoms with van der Waals surface area (Å²) in [4.78, 5) is 14.2. The van der Waals surface area contributed by atoms with Crippen LogP contribution in [-0.2, 0) is 4.79 Å². The maximum Gasteiger partial charge on any atom is 0.237 e. The summed E-state index contributed by atoms with van der Waals surface area (Å²) in [6.07, 6.45) is 0. The van der Waals surface area contributed by atoms with Crippen LogP contribution >= 0.6 is 11.8 Å². The van der Waals surface area contributed by atoms with Crippen LogP contribution in [-0.4, -0.2) is 47.0 Å². The van der Waals surface area contributed by atoms with Crippen LogP contribution in [0.1, 0.15) is 27.7 Å². The van der Waals surface area contributed by atoms with Gasteiger partial charge in [0, 0.05) is 30.1 Å². The molecule has 1 N–H and O–H groups in total. The predicted octanol–water partition coefficient (Wildman–Crippen LogP) is 1.34. The smallest absolute Gasteiger partial charge is 0.237 e. The van der Waals surface area contributed by atoms with E-state index in [0.717, 1.165) is 24.6 Å². The van der Waals surface area contributed by atoms with Gasteiger partial charge in [-0.25, -0.2) is 0 Å². The summed E-state index contributed by atoms with van der Waals surface area (Å²) >= 11 is 1.97. The summed E-state index contributed by atoms with van der Waals surface area (Å²) in [5.74, 6) is 2.44. The van der Waals surface area contributed by atoms with Crippen LogP contribution in [0.5, 0.6) is 0 Å². The standard InChI is InChI=1S/C11H22N2OS/c1-9(10(14)12-11(2,3)4)13-5-7-15-8-6-13/h9H,5-8H2,1-4H3,(H,12,14)/t9-/m0/s1. The Morgan fingerprint density at radius 1 is 1.33 bits per heavy atom. The molecule has 0 aromatic heterocycles. The van der Waals surface area contributed by atoms with Crippen molar-refractivity contribution < 1.29 is 4.79 Å². The maximum atomic E-state index is 11.9. The maximum absolute atomic E-state index is 11.9. The van der Waals surface area contributed by atoms with Gasteiger partial charge in [0.15, 0.2) is 0 Å². The van der Waals surface area contributed by atoms with Gasteiger partial charge < -0.3 is 5.32 Å². The van der Waals surface area contributed by atoms with Crippen molar-refractivity contribution in [2.24, 2.45) is 0 Å². The van der Waals surface area contributed by atoms with Crippen LogP contribution in [0.2, 0.25) is 0 Å². The SMILES string of the molecule is C[C@@H](C(=O)NC(C)(C)C)N1CCSCC1. The summed E-state index contributed by atoms with van der Waals surface area (Å²) < 4.78 is 0. The Morgan fingerprint density at radius 3 is 2.33 bits per heavy atom. The zero-order valence-electron chi connectivity index (χ0n) is 10.2. The van der Waals surface area contributed by atoms with Crippen molar-refractivity contribution >= 4 is 17.7 Å². The van der Waals surface area contributed by atoms with Crippen LogP contribution in [0.25, 0.3) is 0 Å². The van der Waals surface area contributed by atoms with Gasteiger partial charge in [-0.3, -0.25) is 9.69 Å². The fourth-order valence-electron chi connectivity index (χ4n) is 1.60. The number of carbonyl (C=O) groups is 1. The minimum atomic E-state index is -0.129. The third kappa shape index (κ3) is 4.43. The van der Waals surface area contributed by atoms with E-state index < -0.39 is 0 Å². The highest BCUT2D eigenvalue weighted by atomic mass is 32.2. The van der Waals surface area contributed by atoms with Gasteiger partial charge in [0.2, 0.25) is 5.91 Å². The highest BCUT2D eigenvalue weighted by Gasteiger charge is 2.25. The third-order valence-electron chi connectivity index (χ3n) is 2.47. The number of thioether (sulfide) groups is 1. The summed E-state index contributed by atoms with van der Waals surface area (Å²) in [5, 5.41) is 3.03. The Bertz CT molecular complexity index is 219. The number of nitrogens with zero attached hydrogens (tertiary/aromatic N) is 1. The van der Waals surface area contributed by atoms with Crippen LogP contribution in [0.3, 0.4) is 0 Å². The minimum Gasteiger partial charge on any atom is -0.350 e. The van der Waals surface area contributed by atoms with Gasteiger partial charge in [-0.1, -0.05) is 0 Å². The highest BCUT2D eigenvalue weighted by molar-refractivity contribution is 7.99. The fourth-order valence-corrected chi connectivity index (χ4v) is 2.54. The second kappa shape index (κ2) is 5.21. The van der Waals surface area contributed by atoms with Crippen LogP contribution in [0.15, 0.2) is 0 Å². The van der Waals surface area contributed by atoms with E-state index >= 15 is 0 Å². The highest BCUT2D eigenvalue weighted by Crippen LogP contribution is 2.12. The summed E-state index contributed by atoms with van der Waals surface area (Å²) in [5.41, 5.74) is -0.129. The molecule has 0 aromatic rings. The minimum absolute atomic E-state index is 0.00475. The van der Waals surface area contributed by atoms with E-state index in [9.17, 15) is 4.79 Å². The van der Waals surface area contributed by atoms with E-state index in [-0.39, 0.29) is 17.5 Å². The molecule has 1 aliphatic heterocycles. The first-order valence-corrected chi connectivity index (χ1v) is 6.69. The lowest BCUT2D eigenvalue weighted by Crippen LogP contribution is -2.52. The molecule has 1 atom stereocenters. The first-order chi connectivity index (χ1) is 6.90. The molecule has 0 unspecified atom stereocenters. The van der Waals surface area contributed by atoms with Gasteiger partial charge in [-0.2, -0.15) is 11.8 Å². The molecule has 4 heteroatoms. The third-order valence-corrected chi connectivity index (χ3v) is 3.41. The molecule has 1 heterocycles. The van der Waals surface area contributed by atoms with Crippen LogP contribution in [0, 0.1) is 0 Å². The van der Waals surface area contributed by atoms with Crippen molar-refractivity contribution in [3.8, 4) is 0 Å². The van der Waals surface area contributed by atoms with Crippen molar-refractivity contribution in [2.45, 2.75) is 39.3 Å². The Balaban J connectivity index is 2.44. The Kier molecular flexibility index (Phi) is 4.46. The molecule has 88 valence electrons. The molecule has 1 aliphatic rings. The van der Waals surface area contributed by atoms with E-state index in [0.29, 0.717) is 0 Å². The second-order valence-electron chi connectivity index (χ2n) is 5.06. The van der Waals surface area contributed by atoms with Crippen molar-refractivity contribution in [1.82, 2.24) is 10.2 Å². The Labute approximate surface area is 97.0 Å². The largest absolute Gasteiger partial charge is 0.350 e. The molecule has 0 spiro atoms. The second-order valence-corrected chi connectivity index (χ2v) is 6.29. The number of rotatable bonds is 2. The molecule has 3 nitrogen and oxygen atoms in total. The monoisotopic (exact) mass is 230 g/mol. The van der Waals surface area contributed by atoms with E-state index in [1.165, 1.54) is 0 Å². The molecule has 0 aromatic carbocycles. The average molecular weight is 230 g/mol. The molecule has 15 heavy (non-hydrogen) atoms. The number of hydrogen-bond donors (Lipinski definition) is 1. The van der Waals surface area contributed by atoms with Crippen LogP contribution in [0.4, 0.5) is 0 Å². The number of amides is 1. The molecule has 1 amide bonds. The van der Waals surface area contributed by atoms with Gasteiger partial charge in [0.25, 0.3) is 0 Å². The molecule has 0 radical (unpaired) electrons. The van der Waals surface area contributed by atoms with Crippen molar-refractivity contribution in [2.75, 3.05) is 24.6 Å². The van der Waals surface area contributed by atoms with E-state index in [4.69, 9.17) is 0 Å². The lowest BCUT2D eigenvalue weighted by molar-refractivity contribution is -0.127. The Morgan fingerprint density at radius 2 is 1.87 bits per heavy atom. The summed E-state index contributed by atoms with van der Waals surface area (Å²) in [7, 11) is 0. The van der Waals surface area contributed by atoms with Gasteiger partial charge >= 0.3 is 0 Å². The van der Waals surface area contributed by atoms with Gasteiger partial charge in [0.1, 0.15) is 0 Å². The fraction of sp³-hybridized carbons (Fsp3) is 0.909. The topological polar surface area (TPSA) is 32.3 Å². The average Bonchev–Trinajstić information content (AvgIpc) is 2.15. The molecule has 0 bridgehead atoms. The first kappa shape index (κ1) is 12.8. The van der Waals surface area contributed by atoms with E-state index in [1.54, 1.807) is 0 Å². The zero-order valence-corrected chi connectivity index (χ0v) is 11.0. The first-order valence-electron chi connectivity index (χ1n) is 5.54. The normalized spacial score (nSPS) is 21.1. The molecule has 0 saturated carbocycles. The lowest BCUT2D eigenvalue weighted by atomic mass is 10.1. The predicted molar refractivity (Wildman–Crippen MR) is 66.3 cm³/mol. The molecule has 1 saturated heterocycles.